The summed E-state index contributed by atoms with van der Waals surface area (Å²) in [6, 6.07) is 6.58. The summed E-state index contributed by atoms with van der Waals surface area (Å²) < 4.78 is 26.3. The molecule has 0 saturated heterocycles. The zero-order valence-corrected chi connectivity index (χ0v) is 12.0. The number of anilines is 1. The second-order valence-electron chi connectivity index (χ2n) is 3.04. The number of halogens is 2. The van der Waals surface area contributed by atoms with Crippen molar-refractivity contribution in [3.63, 3.8) is 0 Å². The standard InChI is InChI=1S/C9H8ClIN2O2S/c1-6(5-12)16(14,15)13-9-3-2-7(11)4-8(9)10/h2-4,6,13H,1H3. The van der Waals surface area contributed by atoms with Crippen LogP contribution >= 0.6 is 34.2 Å². The second kappa shape index (κ2) is 5.21. The van der Waals surface area contributed by atoms with E-state index in [1.54, 1.807) is 24.3 Å². The molecular weight excluding hydrogens is 363 g/mol. The van der Waals surface area contributed by atoms with Crippen LogP contribution in [0, 0.1) is 14.9 Å². The minimum absolute atomic E-state index is 0.282. The maximum Gasteiger partial charge on any atom is 0.248 e. The smallest absolute Gasteiger partial charge is 0.248 e. The Kier molecular flexibility index (Phi) is 4.41. The molecule has 0 fully saturated rings. The van der Waals surface area contributed by atoms with E-state index in [2.05, 4.69) is 27.3 Å². The Labute approximate surface area is 113 Å². The van der Waals surface area contributed by atoms with Crippen molar-refractivity contribution in [2.24, 2.45) is 0 Å². The van der Waals surface area contributed by atoms with Crippen LogP contribution in [0.5, 0.6) is 0 Å². The highest BCUT2D eigenvalue weighted by atomic mass is 127. The molecule has 1 rings (SSSR count). The molecule has 0 aromatic heterocycles. The van der Waals surface area contributed by atoms with Gasteiger partial charge in [0.15, 0.2) is 5.25 Å². The van der Waals surface area contributed by atoms with Crippen molar-refractivity contribution >= 4 is 49.9 Å². The zero-order chi connectivity index (χ0) is 12.3. The molecule has 1 atom stereocenters. The average molecular weight is 371 g/mol. The van der Waals surface area contributed by atoms with Crippen molar-refractivity contribution in [1.82, 2.24) is 0 Å². The SMILES string of the molecule is CC(C#N)S(=O)(=O)Nc1ccc(I)cc1Cl. The lowest BCUT2D eigenvalue weighted by atomic mass is 10.3. The molecule has 0 radical (unpaired) electrons. The van der Waals surface area contributed by atoms with Gasteiger partial charge in [0.25, 0.3) is 0 Å². The Bertz CT molecular complexity index is 539. The van der Waals surface area contributed by atoms with Crippen molar-refractivity contribution in [3.05, 3.63) is 26.8 Å². The Morgan fingerprint density at radius 1 is 1.56 bits per heavy atom. The number of rotatable bonds is 3. The quantitative estimate of drug-likeness (QED) is 0.832. The van der Waals surface area contributed by atoms with Crippen molar-refractivity contribution in [3.8, 4) is 6.07 Å². The highest BCUT2D eigenvalue weighted by Gasteiger charge is 2.20. The predicted octanol–water partition coefficient (Wildman–Crippen LogP) is 2.60. The third kappa shape index (κ3) is 3.23. The van der Waals surface area contributed by atoms with E-state index in [-0.39, 0.29) is 5.69 Å². The summed E-state index contributed by atoms with van der Waals surface area (Å²) in [5.74, 6) is 0. The largest absolute Gasteiger partial charge is 0.281 e. The molecule has 0 aliphatic heterocycles. The maximum atomic E-state index is 11.6. The number of nitriles is 1. The molecule has 1 N–H and O–H groups in total. The van der Waals surface area contributed by atoms with E-state index < -0.39 is 15.3 Å². The number of hydrogen-bond donors (Lipinski definition) is 1. The van der Waals surface area contributed by atoms with Gasteiger partial charge in [0.05, 0.1) is 16.8 Å². The molecule has 4 nitrogen and oxygen atoms in total. The number of sulfonamides is 1. The van der Waals surface area contributed by atoms with Gasteiger partial charge in [0.2, 0.25) is 10.0 Å². The molecule has 0 heterocycles. The van der Waals surface area contributed by atoms with E-state index in [1.807, 2.05) is 0 Å². The highest BCUT2D eigenvalue weighted by Crippen LogP contribution is 2.25. The Morgan fingerprint density at radius 3 is 2.69 bits per heavy atom. The summed E-state index contributed by atoms with van der Waals surface area (Å²) >= 11 is 7.93. The fourth-order valence-corrected chi connectivity index (χ4v) is 2.64. The molecule has 1 unspecified atom stereocenters. The molecule has 0 saturated carbocycles. The Hall–Kier alpha value is -0.520. The molecule has 7 heteroatoms. The van der Waals surface area contributed by atoms with Crippen molar-refractivity contribution in [1.29, 1.82) is 5.26 Å². The number of nitrogens with one attached hydrogen (secondary N) is 1. The first-order chi connectivity index (χ1) is 7.36. The van der Waals surface area contributed by atoms with Gasteiger partial charge >= 0.3 is 0 Å². The van der Waals surface area contributed by atoms with Crippen LogP contribution in [0.1, 0.15) is 6.92 Å². The highest BCUT2D eigenvalue weighted by molar-refractivity contribution is 14.1. The van der Waals surface area contributed by atoms with Crippen LogP contribution < -0.4 is 4.72 Å². The van der Waals surface area contributed by atoms with Crippen LogP contribution in [0.2, 0.25) is 5.02 Å². The molecule has 0 aliphatic carbocycles. The van der Waals surface area contributed by atoms with Crippen LogP contribution in [-0.2, 0) is 10.0 Å². The van der Waals surface area contributed by atoms with E-state index in [9.17, 15) is 8.42 Å². The van der Waals surface area contributed by atoms with Crippen molar-refractivity contribution in [2.45, 2.75) is 12.2 Å². The third-order valence-electron chi connectivity index (χ3n) is 1.83. The number of nitrogens with zero attached hydrogens (tertiary/aromatic N) is 1. The van der Waals surface area contributed by atoms with Crippen LogP contribution in [0.4, 0.5) is 5.69 Å². The monoisotopic (exact) mass is 370 g/mol. The van der Waals surface area contributed by atoms with E-state index in [0.29, 0.717) is 5.02 Å². The summed E-state index contributed by atoms with van der Waals surface area (Å²) in [6.45, 7) is 1.31. The molecule has 0 amide bonds. The molecule has 1 aromatic carbocycles. The number of benzene rings is 1. The van der Waals surface area contributed by atoms with E-state index >= 15 is 0 Å². The first kappa shape index (κ1) is 13.5. The molecule has 1 aromatic rings. The topological polar surface area (TPSA) is 70.0 Å². The molecular formula is C9H8ClIN2O2S. The van der Waals surface area contributed by atoms with Gasteiger partial charge in [0, 0.05) is 3.57 Å². The lowest BCUT2D eigenvalue weighted by molar-refractivity contribution is 0.597. The number of hydrogen-bond acceptors (Lipinski definition) is 3. The fraction of sp³-hybridized carbons (Fsp3) is 0.222. The van der Waals surface area contributed by atoms with Crippen molar-refractivity contribution in [2.75, 3.05) is 4.72 Å². The minimum Gasteiger partial charge on any atom is -0.281 e. The van der Waals surface area contributed by atoms with Crippen LogP contribution in [0.15, 0.2) is 18.2 Å². The Morgan fingerprint density at radius 2 is 2.19 bits per heavy atom. The van der Waals surface area contributed by atoms with Gasteiger partial charge in [-0.3, -0.25) is 4.72 Å². The summed E-state index contributed by atoms with van der Waals surface area (Å²) in [5, 5.41) is 7.74. The van der Waals surface area contributed by atoms with Gasteiger partial charge in [-0.15, -0.1) is 0 Å². The summed E-state index contributed by atoms with van der Waals surface area (Å²) in [7, 11) is -3.70. The zero-order valence-electron chi connectivity index (χ0n) is 8.24. The van der Waals surface area contributed by atoms with Gasteiger partial charge in [-0.1, -0.05) is 11.6 Å². The third-order valence-corrected chi connectivity index (χ3v) is 4.36. The van der Waals surface area contributed by atoms with Crippen LogP contribution in [-0.4, -0.2) is 13.7 Å². The van der Waals surface area contributed by atoms with Gasteiger partial charge in [-0.05, 0) is 47.7 Å². The summed E-state index contributed by atoms with van der Waals surface area (Å²) in [5.41, 5.74) is 0.282. The molecule has 0 bridgehead atoms. The maximum absolute atomic E-state index is 11.6. The second-order valence-corrected chi connectivity index (χ2v) is 6.70. The summed E-state index contributed by atoms with van der Waals surface area (Å²) in [6.07, 6.45) is 0. The Balaban J connectivity index is 3.03. The molecule has 86 valence electrons. The molecule has 16 heavy (non-hydrogen) atoms. The summed E-state index contributed by atoms with van der Waals surface area (Å²) in [4.78, 5) is 0. The predicted molar refractivity (Wildman–Crippen MR) is 71.8 cm³/mol. The molecule has 0 aliphatic rings. The van der Waals surface area contributed by atoms with Gasteiger partial charge in [-0.2, -0.15) is 5.26 Å². The molecule has 0 spiro atoms. The van der Waals surface area contributed by atoms with E-state index in [4.69, 9.17) is 16.9 Å². The van der Waals surface area contributed by atoms with Gasteiger partial charge in [-0.25, -0.2) is 8.42 Å². The average Bonchev–Trinajstić information content (AvgIpc) is 2.21. The van der Waals surface area contributed by atoms with Gasteiger partial charge < -0.3 is 0 Å². The van der Waals surface area contributed by atoms with Crippen molar-refractivity contribution < 1.29 is 8.42 Å². The lowest BCUT2D eigenvalue weighted by Gasteiger charge is -2.10. The van der Waals surface area contributed by atoms with E-state index in [0.717, 1.165) is 3.57 Å². The fourth-order valence-electron chi connectivity index (χ4n) is 0.883. The normalized spacial score (nSPS) is 12.9. The first-order valence-electron chi connectivity index (χ1n) is 4.23. The van der Waals surface area contributed by atoms with Crippen LogP contribution in [0.25, 0.3) is 0 Å². The lowest BCUT2D eigenvalue weighted by Crippen LogP contribution is -2.23. The first-order valence-corrected chi connectivity index (χ1v) is 7.23. The minimum atomic E-state index is -3.70. The van der Waals surface area contributed by atoms with Gasteiger partial charge in [0.1, 0.15) is 0 Å². The van der Waals surface area contributed by atoms with Crippen LogP contribution in [0.3, 0.4) is 0 Å². The van der Waals surface area contributed by atoms with E-state index in [1.165, 1.54) is 6.92 Å².